The molecule has 0 unspecified atom stereocenters. The Morgan fingerprint density at radius 2 is 1.14 bits per heavy atom. The summed E-state index contributed by atoms with van der Waals surface area (Å²) in [6, 6.07) is 0. The molecule has 0 radical (unpaired) electrons. The molecule has 42 valence electrons. The average molecular weight is 265 g/mol. The predicted octanol–water partition coefficient (Wildman–Crippen LogP) is 2.34. The van der Waals surface area contributed by atoms with Crippen molar-refractivity contribution in [1.29, 1.82) is 0 Å². The number of hydrogen-bond acceptors (Lipinski definition) is 0. The fourth-order valence-electron chi connectivity index (χ4n) is 0. The minimum Gasteiger partial charge on any atom is -0.518 e. The molecule has 0 atom stereocenters. The second-order valence-corrected chi connectivity index (χ2v) is 0.333. The molecule has 0 saturated heterocycles. The largest absolute Gasteiger partial charge is 4.00 e. The predicted molar refractivity (Wildman–Crippen MR) is 33.8 cm³/mol. The van der Waals surface area contributed by atoms with Gasteiger partial charge in [-0.25, -0.2) is 0 Å². The van der Waals surface area contributed by atoms with Crippen LogP contribution in [0.25, 0.3) is 0 Å². The third-order valence-electron chi connectivity index (χ3n) is 0. The van der Waals surface area contributed by atoms with E-state index in [1.54, 1.807) is 6.92 Å². The first-order valence-electron chi connectivity index (χ1n) is 0.911. The topological polar surface area (TPSA) is 0 Å². The fourth-order valence-corrected chi connectivity index (χ4v) is 0. The molecule has 0 spiro atoms. The van der Waals surface area contributed by atoms with E-state index >= 15 is 0 Å². The Labute approximate surface area is 67.8 Å². The van der Waals surface area contributed by atoms with Gasteiger partial charge in [0.25, 0.3) is 0 Å². The van der Waals surface area contributed by atoms with Gasteiger partial charge in [0, 0.05) is 0 Å². The van der Waals surface area contributed by atoms with Gasteiger partial charge >= 0.3 is 25.8 Å². The van der Waals surface area contributed by atoms with Gasteiger partial charge in [0.1, 0.15) is 0 Å². The maximum atomic E-state index is 4.72. The molecule has 0 aliphatic carbocycles. The van der Waals surface area contributed by atoms with Crippen LogP contribution in [0.2, 0.25) is 0 Å². The van der Waals surface area contributed by atoms with Gasteiger partial charge in [0.15, 0.2) is 0 Å². The maximum absolute atomic E-state index is 4.72. The molecule has 0 fully saturated rings. The van der Waals surface area contributed by atoms with Gasteiger partial charge in [-0.1, -0.05) is 6.92 Å². The molecular formula is C6H14Hf. The number of allylic oxidation sites excluding steroid dienone is 1. The normalized spacial score (nSPS) is 1.86. The van der Waals surface area contributed by atoms with Crippen LogP contribution in [-0.4, -0.2) is 0 Å². The van der Waals surface area contributed by atoms with Crippen molar-refractivity contribution in [2.45, 2.75) is 6.92 Å². The van der Waals surface area contributed by atoms with Crippen LogP contribution >= 0.6 is 0 Å². The maximum Gasteiger partial charge on any atom is 4.00 e. The molecule has 0 aromatic carbocycles. The first kappa shape index (κ1) is 48.8. The Morgan fingerprint density at radius 3 is 1.14 bits per heavy atom. The summed E-state index contributed by atoms with van der Waals surface area (Å²) in [5.74, 6) is 0. The summed E-state index contributed by atoms with van der Waals surface area (Å²) in [6.45, 7) is 6.50. The molecule has 0 aromatic rings. The summed E-state index contributed by atoms with van der Waals surface area (Å²) in [5.41, 5.74) is 0. The molecule has 0 saturated carbocycles. The molecule has 7 heavy (non-hydrogen) atoms. The van der Waals surface area contributed by atoms with E-state index in [4.69, 9.17) is 6.58 Å². The van der Waals surface area contributed by atoms with E-state index in [1.807, 2.05) is 0 Å². The molecule has 0 rings (SSSR count). The molecule has 0 aromatic heterocycles. The van der Waals surface area contributed by atoms with E-state index in [0.717, 1.165) is 0 Å². The van der Waals surface area contributed by atoms with Crippen LogP contribution in [0.1, 0.15) is 6.92 Å². The van der Waals surface area contributed by atoms with Crippen LogP contribution in [0, 0.1) is 28.9 Å². The third-order valence-corrected chi connectivity index (χ3v) is 0. The molecule has 0 bridgehead atoms. The minimum absolute atomic E-state index is 0. The molecule has 0 N–H and O–H groups in total. The molecule has 0 aliphatic heterocycles. The van der Waals surface area contributed by atoms with Crippen molar-refractivity contribution in [2.24, 2.45) is 0 Å². The van der Waals surface area contributed by atoms with Crippen molar-refractivity contribution >= 4 is 0 Å². The molecular weight excluding hydrogens is 251 g/mol. The van der Waals surface area contributed by atoms with Crippen molar-refractivity contribution < 1.29 is 25.8 Å². The van der Waals surface area contributed by atoms with Crippen LogP contribution in [0.5, 0.6) is 0 Å². The Hall–Kier alpha value is 0.610. The Balaban J connectivity index is -0.00000000333. The standard InChI is InChI=1S/C3H5.3CH3.Hf/c1-3-2;;;;/h1,3H,2H3;3*1H3;/q4*-1;+4. The fraction of sp³-hybridized carbons (Fsp3) is 0.167. The summed E-state index contributed by atoms with van der Waals surface area (Å²) in [7, 11) is 0. The summed E-state index contributed by atoms with van der Waals surface area (Å²) >= 11 is 0. The van der Waals surface area contributed by atoms with Crippen LogP contribution in [-0.2, 0) is 25.8 Å². The quantitative estimate of drug-likeness (QED) is 0.465. The van der Waals surface area contributed by atoms with E-state index in [9.17, 15) is 0 Å². The first-order valence-corrected chi connectivity index (χ1v) is 0.911. The van der Waals surface area contributed by atoms with Crippen molar-refractivity contribution in [1.82, 2.24) is 0 Å². The molecule has 1 heteroatoms. The molecule has 0 aliphatic rings. The van der Waals surface area contributed by atoms with Crippen molar-refractivity contribution in [3.63, 3.8) is 0 Å². The molecule has 0 heterocycles. The summed E-state index contributed by atoms with van der Waals surface area (Å²) in [5, 5.41) is 0. The van der Waals surface area contributed by atoms with Crippen LogP contribution < -0.4 is 0 Å². The smallest absolute Gasteiger partial charge is 0.518 e. The molecule has 0 nitrogen and oxygen atoms in total. The van der Waals surface area contributed by atoms with Gasteiger partial charge in [0.05, 0.1) is 0 Å². The van der Waals surface area contributed by atoms with E-state index < -0.39 is 0 Å². The van der Waals surface area contributed by atoms with E-state index in [1.165, 1.54) is 6.08 Å². The number of hydrogen-bond donors (Lipinski definition) is 0. The van der Waals surface area contributed by atoms with Crippen LogP contribution in [0.15, 0.2) is 6.08 Å². The Morgan fingerprint density at radius 1 is 1.14 bits per heavy atom. The summed E-state index contributed by atoms with van der Waals surface area (Å²) < 4.78 is 0. The Bertz CT molecular complexity index is 11.7. The van der Waals surface area contributed by atoms with Gasteiger partial charge in [-0.2, -0.15) is 0 Å². The van der Waals surface area contributed by atoms with E-state index in [0.29, 0.717) is 0 Å². The van der Waals surface area contributed by atoms with Crippen LogP contribution in [0.4, 0.5) is 0 Å². The van der Waals surface area contributed by atoms with Crippen molar-refractivity contribution in [2.75, 3.05) is 0 Å². The van der Waals surface area contributed by atoms with Gasteiger partial charge in [-0.3, -0.25) is 6.08 Å². The van der Waals surface area contributed by atoms with Gasteiger partial charge in [0.2, 0.25) is 0 Å². The van der Waals surface area contributed by atoms with E-state index in [-0.39, 0.29) is 48.1 Å². The zero-order valence-corrected chi connectivity index (χ0v) is 9.25. The third kappa shape index (κ3) is 377. The zero-order chi connectivity index (χ0) is 2.71. The Kier molecular flexibility index (Phi) is 560. The molecule has 0 amide bonds. The number of rotatable bonds is 0. The SMILES string of the molecule is [CH-]=CC.[CH3-].[CH3-].[CH3-].[Hf+4]. The minimum atomic E-state index is 0. The zero-order valence-electron chi connectivity index (χ0n) is 5.65. The van der Waals surface area contributed by atoms with E-state index in [2.05, 4.69) is 0 Å². The first-order chi connectivity index (χ1) is 1.41. The van der Waals surface area contributed by atoms with Gasteiger partial charge in [-0.05, 0) is 0 Å². The van der Waals surface area contributed by atoms with Crippen LogP contribution in [0.3, 0.4) is 0 Å². The van der Waals surface area contributed by atoms with Crippen molar-refractivity contribution in [3.8, 4) is 0 Å². The van der Waals surface area contributed by atoms with Gasteiger partial charge in [-0.15, -0.1) is 0 Å². The monoisotopic (exact) mass is 266 g/mol. The van der Waals surface area contributed by atoms with Crippen molar-refractivity contribution in [3.05, 3.63) is 34.9 Å². The van der Waals surface area contributed by atoms with Gasteiger partial charge < -0.3 is 28.9 Å². The average Bonchev–Trinajstić information content (AvgIpc) is 0.918. The second kappa shape index (κ2) is 80.2. The summed E-state index contributed by atoms with van der Waals surface area (Å²) in [6.07, 6.45) is 1.50. The summed E-state index contributed by atoms with van der Waals surface area (Å²) in [4.78, 5) is 0. The second-order valence-electron chi connectivity index (χ2n) is 0.333.